The number of benzene rings is 1. The zero-order valence-corrected chi connectivity index (χ0v) is 7.32. The molecule has 0 aliphatic heterocycles. The van der Waals surface area contributed by atoms with E-state index in [0.29, 0.717) is 11.3 Å². The van der Waals surface area contributed by atoms with E-state index in [1.54, 1.807) is 18.2 Å². The average Bonchev–Trinajstić information content (AvgIpc) is 2.04. The van der Waals surface area contributed by atoms with E-state index in [9.17, 15) is 4.79 Å². The lowest BCUT2D eigenvalue weighted by Crippen LogP contribution is -2.00. The van der Waals surface area contributed by atoms with Gasteiger partial charge in [0.05, 0.1) is 6.42 Å². The third kappa shape index (κ3) is 3.31. The first-order valence-electron chi connectivity index (χ1n) is 3.48. The second-order valence-corrected chi connectivity index (χ2v) is 2.49. The minimum absolute atomic E-state index is 0.0561. The molecule has 1 N–H and O–H groups in total. The summed E-state index contributed by atoms with van der Waals surface area (Å²) in [5, 5.41) is 8.49. The van der Waals surface area contributed by atoms with Crippen molar-refractivity contribution in [1.29, 1.82) is 0 Å². The molecule has 0 atom stereocenters. The first-order valence-corrected chi connectivity index (χ1v) is 3.79. The van der Waals surface area contributed by atoms with Gasteiger partial charge in [-0.05, 0) is 17.7 Å². The van der Waals surface area contributed by atoms with Crippen molar-refractivity contribution in [3.8, 4) is 5.75 Å². The van der Waals surface area contributed by atoms with Crippen LogP contribution >= 0.6 is 11.9 Å². The van der Waals surface area contributed by atoms with Gasteiger partial charge >= 0.3 is 5.97 Å². The number of rotatable bonds is 4. The van der Waals surface area contributed by atoms with Gasteiger partial charge in [-0.1, -0.05) is 16.6 Å². The maximum Gasteiger partial charge on any atom is 0.307 e. The molecule has 0 bridgehead atoms. The summed E-state index contributed by atoms with van der Waals surface area (Å²) in [7, 11) is 0. The van der Waals surface area contributed by atoms with Crippen LogP contribution in [0.5, 0.6) is 5.75 Å². The highest BCUT2D eigenvalue weighted by Gasteiger charge is 2.02. The zero-order valence-electron chi connectivity index (χ0n) is 6.57. The lowest BCUT2D eigenvalue weighted by molar-refractivity contribution is -0.136. The normalized spacial score (nSPS) is 9.62. The van der Waals surface area contributed by atoms with Gasteiger partial charge in [-0.3, -0.25) is 4.79 Å². The molecule has 0 saturated carbocycles. The summed E-state index contributed by atoms with van der Waals surface area (Å²) in [4.78, 5) is 14.8. The van der Waals surface area contributed by atoms with E-state index in [0.717, 1.165) is 0 Å². The summed E-state index contributed by atoms with van der Waals surface area (Å²) in [6.07, 6.45) is -0.0561. The fourth-order valence-corrected chi connectivity index (χ4v) is 0.991. The molecule has 0 radical (unpaired) electrons. The van der Waals surface area contributed by atoms with Crippen molar-refractivity contribution in [3.05, 3.63) is 29.8 Å². The first kappa shape index (κ1) is 9.83. The predicted molar refractivity (Wildman–Crippen MR) is 45.3 cm³/mol. The molecule has 0 aliphatic carbocycles. The summed E-state index contributed by atoms with van der Waals surface area (Å²) in [6, 6.07) is 6.48. The topological polar surface area (TPSA) is 55.8 Å². The average molecular weight is 203 g/mol. The zero-order chi connectivity index (χ0) is 9.68. The molecule has 1 aromatic carbocycles. The molecule has 0 aromatic heterocycles. The molecule has 4 nitrogen and oxygen atoms in total. The highest BCUT2D eigenvalue weighted by Crippen LogP contribution is 2.14. The van der Waals surface area contributed by atoms with Gasteiger partial charge in [0.25, 0.3) is 0 Å². The minimum atomic E-state index is -0.899. The predicted octanol–water partition coefficient (Wildman–Crippen LogP) is 1.78. The van der Waals surface area contributed by atoms with E-state index in [4.69, 9.17) is 17.0 Å². The standard InChI is InChI=1S/C8H7ClO4/c9-13-12-7-3-1-2-6(4-7)5-8(10)11/h1-4H,5H2,(H,10,11). The summed E-state index contributed by atoms with van der Waals surface area (Å²) >= 11 is 4.86. The van der Waals surface area contributed by atoms with Crippen molar-refractivity contribution in [2.75, 3.05) is 0 Å². The summed E-state index contributed by atoms with van der Waals surface area (Å²) < 4.78 is 3.91. The van der Waals surface area contributed by atoms with E-state index in [1.165, 1.54) is 6.07 Å². The Hall–Kier alpha value is -1.26. The van der Waals surface area contributed by atoms with Crippen LogP contribution in [0, 0.1) is 0 Å². The largest absolute Gasteiger partial charge is 0.481 e. The van der Waals surface area contributed by atoms with Gasteiger partial charge in [-0.2, -0.15) is 0 Å². The van der Waals surface area contributed by atoms with Crippen LogP contribution in [0.25, 0.3) is 0 Å². The molecule has 1 rings (SSSR count). The van der Waals surface area contributed by atoms with E-state index in [-0.39, 0.29) is 6.42 Å². The van der Waals surface area contributed by atoms with Gasteiger partial charge in [0, 0.05) is 0 Å². The molecular weight excluding hydrogens is 196 g/mol. The number of carbonyl (C=O) groups is 1. The third-order valence-corrected chi connectivity index (χ3v) is 1.44. The fraction of sp³-hybridized carbons (Fsp3) is 0.125. The van der Waals surface area contributed by atoms with Crippen LogP contribution in [0.2, 0.25) is 0 Å². The lowest BCUT2D eigenvalue weighted by atomic mass is 10.1. The molecule has 1 aromatic rings. The molecule has 0 aliphatic rings. The molecule has 5 heteroatoms. The van der Waals surface area contributed by atoms with Crippen molar-refractivity contribution in [2.45, 2.75) is 6.42 Å². The smallest absolute Gasteiger partial charge is 0.307 e. The molecule has 0 fully saturated rings. The molecular formula is C8H7ClO4. The molecule has 0 heterocycles. The molecule has 13 heavy (non-hydrogen) atoms. The number of aliphatic carboxylic acids is 1. The number of carboxylic acids is 1. The van der Waals surface area contributed by atoms with E-state index >= 15 is 0 Å². The van der Waals surface area contributed by atoms with Crippen LogP contribution in [-0.2, 0) is 15.7 Å². The maximum atomic E-state index is 10.3. The molecule has 0 amide bonds. The highest BCUT2D eigenvalue weighted by molar-refractivity contribution is 6.06. The van der Waals surface area contributed by atoms with E-state index in [2.05, 4.69) is 9.33 Å². The van der Waals surface area contributed by atoms with E-state index in [1.807, 2.05) is 0 Å². The Morgan fingerprint density at radius 1 is 1.54 bits per heavy atom. The van der Waals surface area contributed by atoms with Gasteiger partial charge < -0.3 is 9.99 Å². The van der Waals surface area contributed by atoms with Crippen molar-refractivity contribution in [2.24, 2.45) is 0 Å². The summed E-state index contributed by atoms with van der Waals surface area (Å²) in [6.45, 7) is 0. The van der Waals surface area contributed by atoms with Gasteiger partial charge in [0.15, 0.2) is 5.75 Å². The van der Waals surface area contributed by atoms with Crippen molar-refractivity contribution >= 4 is 17.8 Å². The summed E-state index contributed by atoms with van der Waals surface area (Å²) in [5.41, 5.74) is 0.624. The Labute approximate surface area is 79.7 Å². The monoisotopic (exact) mass is 202 g/mol. The SMILES string of the molecule is O=C(O)Cc1cccc(OOCl)c1. The van der Waals surface area contributed by atoms with Crippen LogP contribution in [0.4, 0.5) is 0 Å². The quantitative estimate of drug-likeness (QED) is 0.597. The van der Waals surface area contributed by atoms with Crippen LogP contribution in [0.1, 0.15) is 5.56 Å². The Balaban J connectivity index is 2.73. The van der Waals surface area contributed by atoms with Crippen LogP contribution in [0.3, 0.4) is 0 Å². The highest BCUT2D eigenvalue weighted by atomic mass is 35.5. The Morgan fingerprint density at radius 3 is 2.92 bits per heavy atom. The molecule has 70 valence electrons. The molecule has 0 saturated heterocycles. The number of hydrogen-bond acceptors (Lipinski definition) is 3. The van der Waals surface area contributed by atoms with Crippen LogP contribution < -0.4 is 4.89 Å². The van der Waals surface area contributed by atoms with Crippen molar-refractivity contribution in [1.82, 2.24) is 0 Å². The van der Waals surface area contributed by atoms with Gasteiger partial charge in [-0.15, -0.1) is 0 Å². The summed E-state index contributed by atoms with van der Waals surface area (Å²) in [5.74, 6) is -0.530. The second kappa shape index (κ2) is 4.69. The lowest BCUT2D eigenvalue weighted by Gasteiger charge is -2.00. The Kier molecular flexibility index (Phi) is 3.54. The van der Waals surface area contributed by atoms with Gasteiger partial charge in [-0.25, -0.2) is 0 Å². The van der Waals surface area contributed by atoms with Crippen molar-refractivity contribution < 1.29 is 19.2 Å². The van der Waals surface area contributed by atoms with Crippen molar-refractivity contribution in [3.63, 3.8) is 0 Å². The number of halogens is 1. The minimum Gasteiger partial charge on any atom is -0.481 e. The molecule has 0 spiro atoms. The second-order valence-electron chi connectivity index (χ2n) is 2.36. The Bertz CT molecular complexity index is 300. The number of carboxylic acid groups (broad SMARTS) is 1. The van der Waals surface area contributed by atoms with Crippen LogP contribution in [0.15, 0.2) is 24.3 Å². The maximum absolute atomic E-state index is 10.3. The first-order chi connectivity index (χ1) is 6.22. The van der Waals surface area contributed by atoms with E-state index < -0.39 is 5.97 Å². The van der Waals surface area contributed by atoms with Crippen LogP contribution in [-0.4, -0.2) is 11.1 Å². The van der Waals surface area contributed by atoms with Gasteiger partial charge in [0.1, 0.15) is 11.9 Å². The van der Waals surface area contributed by atoms with Gasteiger partial charge in [0.2, 0.25) is 0 Å². The fourth-order valence-electron chi connectivity index (χ4n) is 0.918. The number of hydrogen-bond donors (Lipinski definition) is 1. The third-order valence-electron chi connectivity index (χ3n) is 1.38. The Morgan fingerprint density at radius 2 is 2.31 bits per heavy atom. The molecule has 0 unspecified atom stereocenters.